The van der Waals surface area contributed by atoms with Crippen molar-refractivity contribution in [2.24, 2.45) is 0 Å². The standard InChI is InChI=1S/C26H30N2O6S/c1-33-20-11-13-21(14-12-20)35(32)18-24(29)22-9-5-15-27(22)25(30)23-10-6-16-28(23)26(31)34-17-19-7-3-2-4-8-19/h2-4,7-8,11-14,22-23H,5-6,9-10,15-18H2,1H3/t22?,23-,35?/m0/s1. The van der Waals surface area contributed by atoms with E-state index in [-0.39, 0.29) is 24.1 Å². The van der Waals surface area contributed by atoms with Crippen LogP contribution in [0.1, 0.15) is 31.2 Å². The van der Waals surface area contributed by atoms with Crippen molar-refractivity contribution in [3.63, 3.8) is 0 Å². The third kappa shape index (κ3) is 5.90. The lowest BCUT2D eigenvalue weighted by atomic mass is 10.1. The van der Waals surface area contributed by atoms with Crippen molar-refractivity contribution in [3.8, 4) is 5.75 Å². The van der Waals surface area contributed by atoms with Crippen molar-refractivity contribution < 1.29 is 28.1 Å². The highest BCUT2D eigenvalue weighted by Gasteiger charge is 2.42. The molecule has 2 fully saturated rings. The molecule has 2 saturated heterocycles. The van der Waals surface area contributed by atoms with Crippen molar-refractivity contribution in [1.82, 2.24) is 9.80 Å². The monoisotopic (exact) mass is 498 g/mol. The molecule has 2 aliphatic heterocycles. The fourth-order valence-corrected chi connectivity index (χ4v) is 5.69. The molecule has 0 spiro atoms. The van der Waals surface area contributed by atoms with Gasteiger partial charge in [0.05, 0.1) is 29.7 Å². The lowest BCUT2D eigenvalue weighted by molar-refractivity contribution is -0.140. The van der Waals surface area contributed by atoms with Gasteiger partial charge in [0.25, 0.3) is 0 Å². The van der Waals surface area contributed by atoms with Gasteiger partial charge in [0, 0.05) is 18.0 Å². The first-order valence-electron chi connectivity index (χ1n) is 11.8. The molecule has 0 aliphatic carbocycles. The Morgan fingerprint density at radius 1 is 0.914 bits per heavy atom. The van der Waals surface area contributed by atoms with Crippen molar-refractivity contribution in [2.45, 2.75) is 49.3 Å². The zero-order valence-electron chi connectivity index (χ0n) is 19.8. The maximum absolute atomic E-state index is 13.4. The minimum atomic E-state index is -1.51. The van der Waals surface area contributed by atoms with Gasteiger partial charge in [-0.25, -0.2) is 4.79 Å². The van der Waals surface area contributed by atoms with Crippen LogP contribution in [0.25, 0.3) is 0 Å². The van der Waals surface area contributed by atoms with Crippen molar-refractivity contribution in [1.29, 1.82) is 0 Å². The molecule has 0 bridgehead atoms. The van der Waals surface area contributed by atoms with Gasteiger partial charge in [-0.05, 0) is 55.5 Å². The Hall–Kier alpha value is -3.20. The molecule has 2 aromatic carbocycles. The van der Waals surface area contributed by atoms with E-state index in [4.69, 9.17) is 9.47 Å². The first-order chi connectivity index (χ1) is 17.0. The maximum atomic E-state index is 13.4. The summed E-state index contributed by atoms with van der Waals surface area (Å²) in [6.45, 7) is 1.03. The molecular formula is C26H30N2O6S. The Kier molecular flexibility index (Phi) is 8.17. The maximum Gasteiger partial charge on any atom is 0.410 e. The summed E-state index contributed by atoms with van der Waals surface area (Å²) in [5.41, 5.74) is 0.873. The molecular weight excluding hydrogens is 468 g/mol. The van der Waals surface area contributed by atoms with Gasteiger partial charge < -0.3 is 14.4 Å². The number of rotatable bonds is 8. The molecule has 4 rings (SSSR count). The smallest absolute Gasteiger partial charge is 0.410 e. The van der Waals surface area contributed by atoms with Crippen molar-refractivity contribution in [2.75, 3.05) is 26.0 Å². The van der Waals surface area contributed by atoms with Gasteiger partial charge >= 0.3 is 6.09 Å². The highest BCUT2D eigenvalue weighted by Crippen LogP contribution is 2.26. The van der Waals surface area contributed by atoms with Crippen LogP contribution in [0, 0.1) is 0 Å². The van der Waals surface area contributed by atoms with E-state index in [1.54, 1.807) is 36.3 Å². The molecule has 2 heterocycles. The summed E-state index contributed by atoms with van der Waals surface area (Å²) in [7, 11) is 0.0385. The van der Waals surface area contributed by atoms with Gasteiger partial charge in [-0.3, -0.25) is 18.7 Å². The molecule has 2 aliphatic rings. The fraction of sp³-hybridized carbons (Fsp3) is 0.423. The van der Waals surface area contributed by atoms with Gasteiger partial charge in [0.15, 0.2) is 5.78 Å². The average Bonchev–Trinajstić information content (AvgIpc) is 3.58. The first kappa shape index (κ1) is 24.9. The normalized spacial score (nSPS) is 20.5. The number of hydrogen-bond acceptors (Lipinski definition) is 6. The topological polar surface area (TPSA) is 93.2 Å². The Morgan fingerprint density at radius 2 is 1.57 bits per heavy atom. The highest BCUT2D eigenvalue weighted by molar-refractivity contribution is 7.85. The number of carbonyl (C=O) groups is 3. The van der Waals surface area contributed by atoms with Gasteiger partial charge in [-0.2, -0.15) is 0 Å². The molecule has 0 radical (unpaired) electrons. The number of nitrogens with zero attached hydrogens (tertiary/aromatic N) is 2. The summed E-state index contributed by atoms with van der Waals surface area (Å²) in [6, 6.07) is 14.9. The quantitative estimate of drug-likeness (QED) is 0.555. The zero-order chi connectivity index (χ0) is 24.8. The second-order valence-corrected chi connectivity index (χ2v) is 10.2. The molecule has 2 aromatic rings. The minimum Gasteiger partial charge on any atom is -0.497 e. The predicted octanol–water partition coefficient (Wildman–Crippen LogP) is 3.16. The first-order valence-corrected chi connectivity index (χ1v) is 13.1. The number of ketones is 1. The van der Waals surface area contributed by atoms with Gasteiger partial charge in [-0.1, -0.05) is 30.3 Å². The van der Waals surface area contributed by atoms with Crippen LogP contribution in [0.2, 0.25) is 0 Å². The molecule has 35 heavy (non-hydrogen) atoms. The van der Waals surface area contributed by atoms with E-state index < -0.39 is 29.0 Å². The Balaban J connectivity index is 1.36. The average molecular weight is 499 g/mol. The van der Waals surface area contributed by atoms with E-state index in [1.807, 2.05) is 30.3 Å². The second-order valence-electron chi connectivity index (χ2n) is 8.71. The van der Waals surface area contributed by atoms with Crippen LogP contribution < -0.4 is 4.74 Å². The number of carbonyl (C=O) groups excluding carboxylic acids is 3. The van der Waals surface area contributed by atoms with Gasteiger partial charge in [0.2, 0.25) is 5.91 Å². The Morgan fingerprint density at radius 3 is 2.26 bits per heavy atom. The van der Waals surface area contributed by atoms with E-state index in [1.165, 1.54) is 4.90 Å². The predicted molar refractivity (Wildman–Crippen MR) is 130 cm³/mol. The summed E-state index contributed by atoms with van der Waals surface area (Å²) < 4.78 is 23.3. The minimum absolute atomic E-state index is 0.138. The highest BCUT2D eigenvalue weighted by atomic mass is 32.2. The number of amides is 2. The number of benzene rings is 2. The molecule has 3 atom stereocenters. The molecule has 186 valence electrons. The van der Waals surface area contributed by atoms with Crippen LogP contribution in [0.15, 0.2) is 59.5 Å². The summed E-state index contributed by atoms with van der Waals surface area (Å²) in [5, 5.41) is 0. The Labute approximate surface area is 207 Å². The molecule has 0 N–H and O–H groups in total. The van der Waals surface area contributed by atoms with Crippen molar-refractivity contribution in [3.05, 3.63) is 60.2 Å². The van der Waals surface area contributed by atoms with Gasteiger partial charge in [0.1, 0.15) is 18.4 Å². The number of ether oxygens (including phenoxy) is 2. The van der Waals surface area contributed by atoms with E-state index >= 15 is 0 Å². The van der Waals surface area contributed by atoms with Crippen LogP contribution in [0.5, 0.6) is 5.75 Å². The van der Waals surface area contributed by atoms with Crippen LogP contribution in [-0.2, 0) is 31.7 Å². The third-order valence-corrected chi connectivity index (χ3v) is 7.83. The summed E-state index contributed by atoms with van der Waals surface area (Å²) in [6.07, 6.45) is 1.95. The molecule has 8 nitrogen and oxygen atoms in total. The number of likely N-dealkylation sites (tertiary alicyclic amines) is 2. The van der Waals surface area contributed by atoms with E-state index in [2.05, 4.69) is 0 Å². The van der Waals surface area contributed by atoms with Crippen LogP contribution >= 0.6 is 0 Å². The lowest BCUT2D eigenvalue weighted by Crippen LogP contribution is -2.51. The molecule has 0 aromatic heterocycles. The Bertz CT molecular complexity index is 1080. The lowest BCUT2D eigenvalue weighted by Gasteiger charge is -2.30. The van der Waals surface area contributed by atoms with E-state index in [9.17, 15) is 18.6 Å². The van der Waals surface area contributed by atoms with E-state index in [0.29, 0.717) is 49.4 Å². The SMILES string of the molecule is COc1ccc(S(=O)CC(=O)C2CCCN2C(=O)[C@@H]2CCCN2C(=O)OCc2ccccc2)cc1. The zero-order valence-corrected chi connectivity index (χ0v) is 20.6. The molecule has 0 saturated carbocycles. The van der Waals surface area contributed by atoms with Crippen LogP contribution in [-0.4, -0.2) is 69.8 Å². The summed E-state index contributed by atoms with van der Waals surface area (Å²) in [4.78, 5) is 42.8. The summed E-state index contributed by atoms with van der Waals surface area (Å²) >= 11 is 0. The van der Waals surface area contributed by atoms with Crippen LogP contribution in [0.4, 0.5) is 4.79 Å². The number of hydrogen-bond donors (Lipinski definition) is 0. The van der Waals surface area contributed by atoms with E-state index in [0.717, 1.165) is 5.56 Å². The molecule has 2 amide bonds. The van der Waals surface area contributed by atoms with Crippen LogP contribution in [0.3, 0.4) is 0 Å². The van der Waals surface area contributed by atoms with Crippen molar-refractivity contribution >= 4 is 28.6 Å². The third-order valence-electron chi connectivity index (χ3n) is 6.48. The molecule has 2 unspecified atom stereocenters. The fourth-order valence-electron chi connectivity index (χ4n) is 4.64. The second kappa shape index (κ2) is 11.5. The number of Topliss-reactive ketones (excluding diaryl/α,β-unsaturated/α-hetero) is 1. The largest absolute Gasteiger partial charge is 0.497 e. The number of methoxy groups -OCH3 is 1. The van der Waals surface area contributed by atoms with Gasteiger partial charge in [-0.15, -0.1) is 0 Å². The summed E-state index contributed by atoms with van der Waals surface area (Å²) in [5.74, 6) is 0.0355. The molecule has 9 heteroatoms.